The standard InChI is InChI=1S/C30H34N4O3/c1-21-4-13-28-32-22(2)29(34(28)20-21)30(35)31-16-19-37-27-11-7-25(8-12-27)33-17-14-24(15-18-33)23-5-9-26(36-3)10-6-23/h4-13,20,24H,14-19H2,1-3H3,(H,31,35). The van der Waals surface area contributed by atoms with Gasteiger partial charge < -0.3 is 19.7 Å². The molecule has 1 amide bonds. The van der Waals surface area contributed by atoms with E-state index in [0.717, 1.165) is 48.6 Å². The van der Waals surface area contributed by atoms with Crippen LogP contribution in [0.15, 0.2) is 66.9 Å². The highest BCUT2D eigenvalue weighted by atomic mass is 16.5. The summed E-state index contributed by atoms with van der Waals surface area (Å²) in [4.78, 5) is 19.7. The van der Waals surface area contributed by atoms with Crippen molar-refractivity contribution in [3.63, 3.8) is 0 Å². The highest BCUT2D eigenvalue weighted by Crippen LogP contribution is 2.32. The first-order valence-electron chi connectivity index (χ1n) is 12.9. The zero-order chi connectivity index (χ0) is 25.8. The molecule has 7 heteroatoms. The number of imidazole rings is 1. The van der Waals surface area contributed by atoms with Crippen molar-refractivity contribution in [3.05, 3.63) is 89.4 Å². The van der Waals surface area contributed by atoms with E-state index in [1.54, 1.807) is 7.11 Å². The molecule has 0 radical (unpaired) electrons. The number of pyridine rings is 1. The van der Waals surface area contributed by atoms with Gasteiger partial charge in [-0.05, 0) is 86.2 Å². The molecule has 0 aliphatic carbocycles. The van der Waals surface area contributed by atoms with Crippen LogP contribution in [0.25, 0.3) is 5.65 Å². The van der Waals surface area contributed by atoms with Crippen molar-refractivity contribution in [2.24, 2.45) is 0 Å². The quantitative estimate of drug-likeness (QED) is 0.340. The maximum Gasteiger partial charge on any atom is 0.270 e. The SMILES string of the molecule is COc1ccc(C2CCN(c3ccc(OCCNC(=O)c4c(C)nc5ccc(C)cn45)cc3)CC2)cc1. The first-order chi connectivity index (χ1) is 18.0. The number of anilines is 1. The third-order valence-corrected chi connectivity index (χ3v) is 7.10. The summed E-state index contributed by atoms with van der Waals surface area (Å²) in [6.45, 7) is 6.73. The summed E-state index contributed by atoms with van der Waals surface area (Å²) >= 11 is 0. The van der Waals surface area contributed by atoms with Crippen LogP contribution in [0.2, 0.25) is 0 Å². The van der Waals surface area contributed by atoms with Crippen molar-refractivity contribution < 1.29 is 14.3 Å². The van der Waals surface area contributed by atoms with Crippen molar-refractivity contribution in [2.45, 2.75) is 32.6 Å². The predicted molar refractivity (Wildman–Crippen MR) is 146 cm³/mol. The molecule has 2 aromatic carbocycles. The highest BCUT2D eigenvalue weighted by Gasteiger charge is 2.21. The van der Waals surface area contributed by atoms with E-state index in [-0.39, 0.29) is 5.91 Å². The molecular weight excluding hydrogens is 464 g/mol. The minimum absolute atomic E-state index is 0.146. The van der Waals surface area contributed by atoms with Crippen LogP contribution in [0.3, 0.4) is 0 Å². The second-order valence-corrected chi connectivity index (χ2v) is 9.61. The van der Waals surface area contributed by atoms with Gasteiger partial charge in [-0.2, -0.15) is 0 Å². The van der Waals surface area contributed by atoms with Gasteiger partial charge in [0, 0.05) is 25.0 Å². The molecule has 1 saturated heterocycles. The highest BCUT2D eigenvalue weighted by molar-refractivity contribution is 5.94. The van der Waals surface area contributed by atoms with Gasteiger partial charge in [-0.3, -0.25) is 9.20 Å². The first-order valence-corrected chi connectivity index (χ1v) is 12.9. The van der Waals surface area contributed by atoms with E-state index in [0.29, 0.717) is 30.5 Å². The Bertz CT molecular complexity index is 1350. The zero-order valence-electron chi connectivity index (χ0n) is 21.7. The number of carbonyl (C=O) groups is 1. The Balaban J connectivity index is 1.08. The molecule has 192 valence electrons. The summed E-state index contributed by atoms with van der Waals surface area (Å²) in [6, 6.07) is 20.6. The number of nitrogens with zero attached hydrogens (tertiary/aromatic N) is 3. The molecule has 1 aliphatic rings. The molecule has 3 heterocycles. The van der Waals surface area contributed by atoms with Crippen LogP contribution in [0, 0.1) is 13.8 Å². The fraction of sp³-hybridized carbons (Fsp3) is 0.333. The lowest BCUT2D eigenvalue weighted by Gasteiger charge is -2.34. The number of amides is 1. The molecular formula is C30H34N4O3. The summed E-state index contributed by atoms with van der Waals surface area (Å²) < 4.78 is 13.0. The van der Waals surface area contributed by atoms with Crippen molar-refractivity contribution in [1.82, 2.24) is 14.7 Å². The lowest BCUT2D eigenvalue weighted by atomic mass is 9.89. The van der Waals surface area contributed by atoms with Gasteiger partial charge in [-0.1, -0.05) is 18.2 Å². The largest absolute Gasteiger partial charge is 0.497 e. The van der Waals surface area contributed by atoms with E-state index < -0.39 is 0 Å². The van der Waals surface area contributed by atoms with E-state index in [9.17, 15) is 4.79 Å². The minimum atomic E-state index is -0.146. The molecule has 0 atom stereocenters. The second kappa shape index (κ2) is 10.9. The number of benzene rings is 2. The minimum Gasteiger partial charge on any atom is -0.497 e. The molecule has 0 unspecified atom stereocenters. The van der Waals surface area contributed by atoms with E-state index >= 15 is 0 Å². The van der Waals surface area contributed by atoms with Gasteiger partial charge >= 0.3 is 0 Å². The molecule has 1 N–H and O–H groups in total. The number of methoxy groups -OCH3 is 1. The van der Waals surface area contributed by atoms with Crippen LogP contribution in [0.4, 0.5) is 5.69 Å². The lowest BCUT2D eigenvalue weighted by Crippen LogP contribution is -2.32. The molecule has 4 aromatic rings. The van der Waals surface area contributed by atoms with Crippen LogP contribution >= 0.6 is 0 Å². The summed E-state index contributed by atoms with van der Waals surface area (Å²) in [5, 5.41) is 2.95. The Hall–Kier alpha value is -4.00. The monoisotopic (exact) mass is 498 g/mol. The fourth-order valence-corrected chi connectivity index (χ4v) is 5.06. The number of fused-ring (bicyclic) bond motifs is 1. The normalized spacial score (nSPS) is 14.1. The Labute approximate surface area is 218 Å². The fourth-order valence-electron chi connectivity index (χ4n) is 5.06. The number of hydrogen-bond acceptors (Lipinski definition) is 5. The topological polar surface area (TPSA) is 68.1 Å². The molecule has 1 fully saturated rings. The van der Waals surface area contributed by atoms with Crippen LogP contribution < -0.4 is 19.7 Å². The maximum atomic E-state index is 12.8. The van der Waals surface area contributed by atoms with Gasteiger partial charge in [-0.25, -0.2) is 4.98 Å². The molecule has 0 bridgehead atoms. The van der Waals surface area contributed by atoms with E-state index in [4.69, 9.17) is 9.47 Å². The van der Waals surface area contributed by atoms with Crippen LogP contribution in [0.1, 0.15) is 46.1 Å². The number of hydrogen-bond donors (Lipinski definition) is 1. The number of nitrogens with one attached hydrogen (secondary N) is 1. The Morgan fingerprint density at radius 1 is 0.973 bits per heavy atom. The summed E-state index contributed by atoms with van der Waals surface area (Å²) in [5.74, 6) is 2.15. The van der Waals surface area contributed by atoms with Gasteiger partial charge in [0.25, 0.3) is 5.91 Å². The van der Waals surface area contributed by atoms with Crippen LogP contribution in [-0.4, -0.2) is 48.6 Å². The lowest BCUT2D eigenvalue weighted by molar-refractivity contribution is 0.0940. The van der Waals surface area contributed by atoms with Gasteiger partial charge in [0.05, 0.1) is 19.3 Å². The maximum absolute atomic E-state index is 12.8. The number of ether oxygens (including phenoxy) is 2. The third-order valence-electron chi connectivity index (χ3n) is 7.10. The predicted octanol–water partition coefficient (Wildman–Crippen LogP) is 5.15. The van der Waals surface area contributed by atoms with Gasteiger partial charge in [-0.15, -0.1) is 0 Å². The zero-order valence-corrected chi connectivity index (χ0v) is 21.7. The molecule has 0 saturated carbocycles. The van der Waals surface area contributed by atoms with E-state index in [2.05, 4.69) is 39.5 Å². The van der Waals surface area contributed by atoms with Crippen molar-refractivity contribution in [2.75, 3.05) is 38.3 Å². The van der Waals surface area contributed by atoms with Crippen LogP contribution in [0.5, 0.6) is 11.5 Å². The average molecular weight is 499 g/mol. The van der Waals surface area contributed by atoms with E-state index in [1.165, 1.54) is 11.3 Å². The summed E-state index contributed by atoms with van der Waals surface area (Å²) in [5.41, 5.74) is 5.74. The summed E-state index contributed by atoms with van der Waals surface area (Å²) in [6.07, 6.45) is 4.20. The van der Waals surface area contributed by atoms with Crippen molar-refractivity contribution in [3.8, 4) is 11.5 Å². The third kappa shape index (κ3) is 5.56. The Kier molecular flexibility index (Phi) is 7.30. The van der Waals surface area contributed by atoms with Gasteiger partial charge in [0.15, 0.2) is 0 Å². The summed E-state index contributed by atoms with van der Waals surface area (Å²) in [7, 11) is 1.70. The molecule has 37 heavy (non-hydrogen) atoms. The molecule has 0 spiro atoms. The molecule has 2 aromatic heterocycles. The Morgan fingerprint density at radius 3 is 2.38 bits per heavy atom. The Morgan fingerprint density at radius 2 is 1.68 bits per heavy atom. The van der Waals surface area contributed by atoms with Crippen molar-refractivity contribution in [1.29, 1.82) is 0 Å². The number of aromatic nitrogens is 2. The average Bonchev–Trinajstić information content (AvgIpc) is 3.26. The van der Waals surface area contributed by atoms with E-state index in [1.807, 2.05) is 60.8 Å². The van der Waals surface area contributed by atoms with Crippen LogP contribution in [-0.2, 0) is 0 Å². The number of piperidine rings is 1. The molecule has 1 aliphatic heterocycles. The molecule has 7 nitrogen and oxygen atoms in total. The number of aryl methyl sites for hydroxylation is 2. The second-order valence-electron chi connectivity index (χ2n) is 9.61. The number of carbonyl (C=O) groups excluding carboxylic acids is 1. The van der Waals surface area contributed by atoms with Gasteiger partial charge in [0.1, 0.15) is 29.4 Å². The first kappa shape index (κ1) is 24.7. The smallest absolute Gasteiger partial charge is 0.270 e. The number of rotatable bonds is 8. The van der Waals surface area contributed by atoms with Gasteiger partial charge in [0.2, 0.25) is 0 Å². The molecule has 5 rings (SSSR count). The van der Waals surface area contributed by atoms with Crippen molar-refractivity contribution >= 4 is 17.2 Å².